The molecule has 6 aliphatic rings. The quantitative estimate of drug-likeness (QED) is 0.315. The lowest BCUT2D eigenvalue weighted by Crippen LogP contribution is -2.48. The number of aryl methyl sites for hydroxylation is 1. The predicted octanol–water partition coefficient (Wildman–Crippen LogP) is 5.23. The molecule has 3 atom stereocenters. The average molecular weight is 627 g/mol. The van der Waals surface area contributed by atoms with Crippen LogP contribution in [0.1, 0.15) is 68.4 Å². The van der Waals surface area contributed by atoms with Gasteiger partial charge in [0.25, 0.3) is 0 Å². The number of ether oxygens (including phenoxy) is 2. The highest BCUT2D eigenvalue weighted by atomic mass is 19.1. The summed E-state index contributed by atoms with van der Waals surface area (Å²) in [5.74, 6) is 0.639. The number of aromatic nitrogens is 5. The van der Waals surface area contributed by atoms with Gasteiger partial charge in [-0.3, -0.25) is 15.0 Å². The van der Waals surface area contributed by atoms with Crippen LogP contribution in [0.25, 0.3) is 33.1 Å². The van der Waals surface area contributed by atoms with Crippen molar-refractivity contribution < 1.29 is 18.7 Å². The van der Waals surface area contributed by atoms with Crippen LogP contribution in [0.2, 0.25) is 0 Å². The second-order valence-corrected chi connectivity index (χ2v) is 14.0. The van der Waals surface area contributed by atoms with E-state index in [1.54, 1.807) is 12.4 Å². The molecule has 1 aliphatic carbocycles. The standard InChI is InChI=1S/C34H39FN8O3/c1-19-13-25-23(16-37-41-25)27-26(19)22-14-20(22)6-12-45-33(44)38-21-5-2-9-42(17-21)31-24-15-36-30(27)28(35)29(24)39-32(40-31)46-18-34-7-3-10-43(34)11-4-8-34/h13,15-16,20-22H,2-12,14,17-18H2,1H3,(H,37,41)(H,38,44). The SMILES string of the molecule is Cc1cc2[nH]ncc2c2c1C1CC1CCOC(=O)NC1CCCN(C1)c1nc(OCC34CCCN3CCC4)nc3c(F)c-2ncc13. The predicted molar refractivity (Wildman–Crippen MR) is 171 cm³/mol. The van der Waals surface area contributed by atoms with Crippen LogP contribution in [0.5, 0.6) is 6.01 Å². The van der Waals surface area contributed by atoms with Crippen LogP contribution in [-0.2, 0) is 4.74 Å². The number of rotatable bonds is 3. The van der Waals surface area contributed by atoms with Crippen molar-refractivity contribution in [3.8, 4) is 17.3 Å². The van der Waals surface area contributed by atoms with Crippen molar-refractivity contribution in [3.63, 3.8) is 0 Å². The number of hydrogen-bond donors (Lipinski definition) is 2. The maximum atomic E-state index is 17.2. The number of carbonyl (C=O) groups excluding carboxylic acids is 1. The number of aromatic amines is 1. The van der Waals surface area contributed by atoms with Crippen molar-refractivity contribution in [1.82, 2.24) is 35.4 Å². The Kier molecular flexibility index (Phi) is 6.59. The van der Waals surface area contributed by atoms with Gasteiger partial charge in [-0.2, -0.15) is 15.1 Å². The molecule has 1 aromatic carbocycles. The highest BCUT2D eigenvalue weighted by Crippen LogP contribution is 2.54. The van der Waals surface area contributed by atoms with Crippen molar-refractivity contribution >= 4 is 33.7 Å². The molecular weight excluding hydrogens is 587 g/mol. The van der Waals surface area contributed by atoms with Gasteiger partial charge < -0.3 is 19.7 Å². The zero-order valence-corrected chi connectivity index (χ0v) is 26.1. The fourth-order valence-electron chi connectivity index (χ4n) is 8.86. The molecule has 240 valence electrons. The molecule has 1 saturated carbocycles. The lowest BCUT2D eigenvalue weighted by molar-refractivity contribution is 0.108. The number of alkyl carbamates (subject to hydrolysis) is 1. The van der Waals surface area contributed by atoms with Crippen LogP contribution >= 0.6 is 0 Å². The molecule has 0 spiro atoms. The number of hydrogen-bond acceptors (Lipinski definition) is 9. The Bertz CT molecular complexity index is 1850. The molecule has 6 bridgehead atoms. The van der Waals surface area contributed by atoms with Gasteiger partial charge in [-0.25, -0.2) is 9.18 Å². The molecule has 3 saturated heterocycles. The third-order valence-electron chi connectivity index (χ3n) is 11.2. The number of pyridine rings is 1. The van der Waals surface area contributed by atoms with Crippen molar-refractivity contribution in [3.05, 3.63) is 35.4 Å². The number of anilines is 1. The largest absolute Gasteiger partial charge is 0.461 e. The van der Waals surface area contributed by atoms with E-state index in [1.165, 1.54) is 0 Å². The van der Waals surface area contributed by atoms with E-state index < -0.39 is 11.9 Å². The summed E-state index contributed by atoms with van der Waals surface area (Å²) in [7, 11) is 0. The molecule has 4 aromatic rings. The molecule has 46 heavy (non-hydrogen) atoms. The van der Waals surface area contributed by atoms with Gasteiger partial charge in [0.1, 0.15) is 23.6 Å². The van der Waals surface area contributed by atoms with Crippen molar-refractivity contribution in [2.75, 3.05) is 44.3 Å². The molecule has 1 amide bonds. The van der Waals surface area contributed by atoms with E-state index in [0.717, 1.165) is 92.0 Å². The third kappa shape index (κ3) is 4.58. The number of fused-ring (bicyclic) bond motifs is 7. The third-order valence-corrected chi connectivity index (χ3v) is 11.2. The molecule has 12 heteroatoms. The normalized spacial score (nSPS) is 25.7. The molecule has 11 nitrogen and oxygen atoms in total. The second-order valence-electron chi connectivity index (χ2n) is 14.0. The van der Waals surface area contributed by atoms with Crippen LogP contribution in [0.3, 0.4) is 0 Å². The number of halogens is 1. The fraction of sp³-hybridized carbons (Fsp3) is 0.559. The summed E-state index contributed by atoms with van der Waals surface area (Å²) in [4.78, 5) is 32.0. The van der Waals surface area contributed by atoms with E-state index in [0.29, 0.717) is 43.4 Å². The Labute approximate surface area is 266 Å². The minimum absolute atomic E-state index is 0.00262. The van der Waals surface area contributed by atoms with Gasteiger partial charge in [0.2, 0.25) is 0 Å². The van der Waals surface area contributed by atoms with Crippen molar-refractivity contribution in [2.24, 2.45) is 5.92 Å². The van der Waals surface area contributed by atoms with Gasteiger partial charge in [0.05, 0.1) is 29.2 Å². The Morgan fingerprint density at radius 1 is 1.11 bits per heavy atom. The van der Waals surface area contributed by atoms with E-state index in [9.17, 15) is 4.79 Å². The Hall–Kier alpha value is -4.06. The molecule has 2 N–H and O–H groups in total. The molecular formula is C34H39FN8O3. The maximum Gasteiger partial charge on any atom is 0.407 e. The van der Waals surface area contributed by atoms with Gasteiger partial charge >= 0.3 is 12.1 Å². The molecule has 4 fully saturated rings. The van der Waals surface area contributed by atoms with E-state index in [-0.39, 0.29) is 34.7 Å². The maximum absolute atomic E-state index is 17.2. The number of nitrogens with zero attached hydrogens (tertiary/aromatic N) is 6. The van der Waals surface area contributed by atoms with Crippen LogP contribution in [0.4, 0.5) is 15.0 Å². The lowest BCUT2D eigenvalue weighted by Gasteiger charge is -2.34. The molecule has 0 radical (unpaired) electrons. The molecule has 5 aliphatic heterocycles. The van der Waals surface area contributed by atoms with Gasteiger partial charge in [0, 0.05) is 36.3 Å². The van der Waals surface area contributed by atoms with Gasteiger partial charge in [-0.05, 0) is 100 Å². The fourth-order valence-corrected chi connectivity index (χ4v) is 8.86. The summed E-state index contributed by atoms with van der Waals surface area (Å²) in [6.07, 6.45) is 10.9. The summed E-state index contributed by atoms with van der Waals surface area (Å²) < 4.78 is 29.3. The zero-order valence-electron chi connectivity index (χ0n) is 26.1. The number of nitrogens with one attached hydrogen (secondary N) is 2. The number of amides is 1. The first-order chi connectivity index (χ1) is 22.5. The molecule has 10 rings (SSSR count). The topological polar surface area (TPSA) is 121 Å². The van der Waals surface area contributed by atoms with E-state index in [4.69, 9.17) is 24.4 Å². The van der Waals surface area contributed by atoms with Gasteiger partial charge in [-0.1, -0.05) is 0 Å². The van der Waals surface area contributed by atoms with Crippen molar-refractivity contribution in [2.45, 2.75) is 75.8 Å². The Morgan fingerprint density at radius 3 is 2.85 bits per heavy atom. The first kappa shape index (κ1) is 28.2. The Morgan fingerprint density at radius 2 is 1.98 bits per heavy atom. The van der Waals surface area contributed by atoms with E-state index in [2.05, 4.69) is 38.3 Å². The van der Waals surface area contributed by atoms with Crippen LogP contribution in [-0.4, -0.2) is 87.1 Å². The molecule has 3 unspecified atom stereocenters. The summed E-state index contributed by atoms with van der Waals surface area (Å²) in [5.41, 5.74) is 4.19. The monoisotopic (exact) mass is 626 g/mol. The zero-order chi connectivity index (χ0) is 31.0. The molecule has 3 aromatic heterocycles. The van der Waals surface area contributed by atoms with E-state index >= 15 is 4.39 Å². The summed E-state index contributed by atoms with van der Waals surface area (Å²) >= 11 is 0. The minimum Gasteiger partial charge on any atom is -0.461 e. The first-order valence-corrected chi connectivity index (χ1v) is 16.9. The Balaban J connectivity index is 1.22. The van der Waals surface area contributed by atoms with Crippen LogP contribution in [0, 0.1) is 18.7 Å². The first-order valence-electron chi connectivity index (χ1n) is 16.9. The summed E-state index contributed by atoms with van der Waals surface area (Å²) in [6.45, 7) is 6.29. The average Bonchev–Trinajstić information content (AvgIpc) is 3.32. The van der Waals surface area contributed by atoms with Crippen LogP contribution < -0.4 is 15.0 Å². The smallest absolute Gasteiger partial charge is 0.407 e. The van der Waals surface area contributed by atoms with Gasteiger partial charge in [-0.15, -0.1) is 0 Å². The summed E-state index contributed by atoms with van der Waals surface area (Å²) in [5, 5.41) is 11.8. The lowest BCUT2D eigenvalue weighted by atomic mass is 9.91. The number of piperidine rings is 1. The highest BCUT2D eigenvalue weighted by Gasteiger charge is 2.45. The minimum atomic E-state index is -0.478. The van der Waals surface area contributed by atoms with Crippen LogP contribution in [0.15, 0.2) is 18.5 Å². The number of benzene rings is 1. The number of H-pyrrole nitrogens is 1. The number of carbonyl (C=O) groups is 1. The van der Waals surface area contributed by atoms with Gasteiger partial charge in [0.15, 0.2) is 5.82 Å². The van der Waals surface area contributed by atoms with Crippen molar-refractivity contribution in [1.29, 1.82) is 0 Å². The highest BCUT2D eigenvalue weighted by molar-refractivity contribution is 6.00. The molecule has 8 heterocycles. The van der Waals surface area contributed by atoms with E-state index in [1.807, 2.05) is 0 Å². The second kappa shape index (κ2) is 10.8. The summed E-state index contributed by atoms with van der Waals surface area (Å²) in [6, 6.07) is 2.14.